The van der Waals surface area contributed by atoms with Gasteiger partial charge in [-0.1, -0.05) is 23.8 Å². The van der Waals surface area contributed by atoms with Crippen molar-refractivity contribution in [3.63, 3.8) is 0 Å². The zero-order valence-corrected chi connectivity index (χ0v) is 12.8. The van der Waals surface area contributed by atoms with Crippen LogP contribution in [0, 0.1) is 13.8 Å². The molecule has 1 aromatic heterocycles. The molecule has 0 radical (unpaired) electrons. The molecule has 2 rings (SSSR count). The van der Waals surface area contributed by atoms with Crippen molar-refractivity contribution in [2.75, 3.05) is 7.11 Å². The quantitative estimate of drug-likeness (QED) is 0.777. The normalized spacial score (nSPS) is 10.6. The van der Waals surface area contributed by atoms with Gasteiger partial charge in [0.1, 0.15) is 5.76 Å². The van der Waals surface area contributed by atoms with Crippen LogP contribution in [0.25, 0.3) is 0 Å². The summed E-state index contributed by atoms with van der Waals surface area (Å²) in [7, 11) is 1.35. The zero-order chi connectivity index (χ0) is 14.5. The van der Waals surface area contributed by atoms with E-state index in [9.17, 15) is 4.79 Å². The predicted molar refractivity (Wildman–Crippen MR) is 81.0 cm³/mol. The first kappa shape index (κ1) is 14.7. The van der Waals surface area contributed by atoms with Crippen molar-refractivity contribution in [1.29, 1.82) is 0 Å². The highest BCUT2D eigenvalue weighted by Gasteiger charge is 2.11. The van der Waals surface area contributed by atoms with Crippen molar-refractivity contribution >= 4 is 17.7 Å². The van der Waals surface area contributed by atoms with Gasteiger partial charge in [0.15, 0.2) is 0 Å². The molecule has 1 heterocycles. The SMILES string of the molecule is COC(=O)c1ccc(CSCc2cc(C)ccc2C)o1. The van der Waals surface area contributed by atoms with Crippen molar-refractivity contribution < 1.29 is 13.9 Å². The van der Waals surface area contributed by atoms with Gasteiger partial charge < -0.3 is 9.15 Å². The summed E-state index contributed by atoms with van der Waals surface area (Å²) in [5.41, 5.74) is 3.92. The summed E-state index contributed by atoms with van der Waals surface area (Å²) in [4.78, 5) is 11.3. The standard InChI is InChI=1S/C16H18O3S/c1-11-4-5-12(2)13(8-11)9-20-10-14-6-7-15(19-14)16(17)18-3/h4-8H,9-10H2,1-3H3. The monoisotopic (exact) mass is 290 g/mol. The molecule has 0 unspecified atom stereocenters. The average Bonchev–Trinajstić information content (AvgIpc) is 2.90. The Morgan fingerprint density at radius 1 is 1.20 bits per heavy atom. The molecule has 0 atom stereocenters. The lowest BCUT2D eigenvalue weighted by Crippen LogP contribution is -1.98. The van der Waals surface area contributed by atoms with E-state index in [-0.39, 0.29) is 5.76 Å². The van der Waals surface area contributed by atoms with E-state index >= 15 is 0 Å². The lowest BCUT2D eigenvalue weighted by atomic mass is 10.1. The molecule has 0 N–H and O–H groups in total. The molecule has 0 aliphatic carbocycles. The van der Waals surface area contributed by atoms with Crippen LogP contribution in [-0.2, 0) is 16.2 Å². The van der Waals surface area contributed by atoms with Gasteiger partial charge in [-0.3, -0.25) is 0 Å². The molecule has 20 heavy (non-hydrogen) atoms. The highest BCUT2D eigenvalue weighted by atomic mass is 32.2. The molecule has 3 nitrogen and oxygen atoms in total. The molecule has 0 saturated carbocycles. The second-order valence-electron chi connectivity index (χ2n) is 4.68. The van der Waals surface area contributed by atoms with Gasteiger partial charge >= 0.3 is 5.97 Å². The largest absolute Gasteiger partial charge is 0.463 e. The van der Waals surface area contributed by atoms with Gasteiger partial charge in [-0.25, -0.2) is 4.79 Å². The second-order valence-corrected chi connectivity index (χ2v) is 5.67. The molecule has 0 aliphatic rings. The molecular weight excluding hydrogens is 272 g/mol. The van der Waals surface area contributed by atoms with E-state index in [4.69, 9.17) is 4.42 Å². The van der Waals surface area contributed by atoms with E-state index in [1.54, 1.807) is 17.8 Å². The van der Waals surface area contributed by atoms with Gasteiger partial charge in [0, 0.05) is 5.75 Å². The summed E-state index contributed by atoms with van der Waals surface area (Å²) >= 11 is 1.77. The van der Waals surface area contributed by atoms with E-state index in [2.05, 4.69) is 36.8 Å². The molecule has 0 saturated heterocycles. The Morgan fingerprint density at radius 2 is 2.00 bits per heavy atom. The lowest BCUT2D eigenvalue weighted by Gasteiger charge is -2.06. The molecule has 4 heteroatoms. The molecule has 1 aromatic carbocycles. The summed E-state index contributed by atoms with van der Waals surface area (Å²) in [5.74, 6) is 2.29. The highest BCUT2D eigenvalue weighted by Crippen LogP contribution is 2.22. The minimum absolute atomic E-state index is 0.259. The van der Waals surface area contributed by atoms with Gasteiger partial charge in [0.25, 0.3) is 0 Å². The first-order valence-electron chi connectivity index (χ1n) is 6.41. The third-order valence-electron chi connectivity index (χ3n) is 3.05. The number of ether oxygens (including phenoxy) is 1. The van der Waals surface area contributed by atoms with Crippen LogP contribution in [0.2, 0.25) is 0 Å². The number of hydrogen-bond acceptors (Lipinski definition) is 4. The first-order chi connectivity index (χ1) is 9.60. The fourth-order valence-corrected chi connectivity index (χ4v) is 2.87. The lowest BCUT2D eigenvalue weighted by molar-refractivity contribution is 0.0563. The van der Waals surface area contributed by atoms with Crippen molar-refractivity contribution in [2.45, 2.75) is 25.4 Å². The fourth-order valence-electron chi connectivity index (χ4n) is 1.88. The van der Waals surface area contributed by atoms with E-state index in [1.807, 2.05) is 6.07 Å². The van der Waals surface area contributed by atoms with Gasteiger partial charge in [0.05, 0.1) is 12.9 Å². The first-order valence-corrected chi connectivity index (χ1v) is 7.56. The molecule has 0 bridgehead atoms. The van der Waals surface area contributed by atoms with Crippen LogP contribution < -0.4 is 0 Å². The van der Waals surface area contributed by atoms with Crippen LogP contribution in [0.1, 0.15) is 33.0 Å². The average molecular weight is 290 g/mol. The third kappa shape index (κ3) is 3.67. The Hall–Kier alpha value is -1.68. The van der Waals surface area contributed by atoms with Gasteiger partial charge in [-0.05, 0) is 37.1 Å². The summed E-state index contributed by atoms with van der Waals surface area (Å²) in [6, 6.07) is 9.96. The van der Waals surface area contributed by atoms with Crippen LogP contribution >= 0.6 is 11.8 Å². The molecule has 106 valence electrons. The van der Waals surface area contributed by atoms with Gasteiger partial charge in [-0.15, -0.1) is 11.8 Å². The van der Waals surface area contributed by atoms with E-state index in [0.29, 0.717) is 0 Å². The predicted octanol–water partition coefficient (Wildman–Crippen LogP) is 4.12. The van der Waals surface area contributed by atoms with E-state index in [0.717, 1.165) is 17.3 Å². The maximum Gasteiger partial charge on any atom is 0.373 e. The maximum atomic E-state index is 11.3. The zero-order valence-electron chi connectivity index (χ0n) is 11.9. The molecule has 0 fully saturated rings. The highest BCUT2D eigenvalue weighted by molar-refractivity contribution is 7.97. The summed E-state index contributed by atoms with van der Waals surface area (Å²) < 4.78 is 10.0. The molecule has 0 amide bonds. The van der Waals surface area contributed by atoms with Crippen LogP contribution in [0.3, 0.4) is 0 Å². The molecule has 0 spiro atoms. The minimum atomic E-state index is -0.434. The summed E-state index contributed by atoms with van der Waals surface area (Å²) in [6.45, 7) is 4.22. The van der Waals surface area contributed by atoms with Crippen molar-refractivity contribution in [2.24, 2.45) is 0 Å². The van der Waals surface area contributed by atoms with Crippen LogP contribution in [-0.4, -0.2) is 13.1 Å². The number of carbonyl (C=O) groups is 1. The van der Waals surface area contributed by atoms with Crippen molar-refractivity contribution in [3.8, 4) is 0 Å². The maximum absolute atomic E-state index is 11.3. The number of methoxy groups -OCH3 is 1. The Kier molecular flexibility index (Phi) is 4.90. The van der Waals surface area contributed by atoms with Gasteiger partial charge in [0.2, 0.25) is 5.76 Å². The van der Waals surface area contributed by atoms with E-state index < -0.39 is 5.97 Å². The number of carbonyl (C=O) groups excluding carboxylic acids is 1. The number of furan rings is 1. The fraction of sp³-hybridized carbons (Fsp3) is 0.312. The van der Waals surface area contributed by atoms with Crippen LogP contribution in [0.15, 0.2) is 34.7 Å². The van der Waals surface area contributed by atoms with E-state index in [1.165, 1.54) is 23.8 Å². The molecular formula is C16H18O3S. The number of hydrogen-bond donors (Lipinski definition) is 0. The number of thioether (sulfide) groups is 1. The van der Waals surface area contributed by atoms with Crippen LogP contribution in [0.5, 0.6) is 0 Å². The minimum Gasteiger partial charge on any atom is -0.463 e. The smallest absolute Gasteiger partial charge is 0.373 e. The second kappa shape index (κ2) is 6.66. The summed E-state index contributed by atoms with van der Waals surface area (Å²) in [5, 5.41) is 0. The Bertz CT molecular complexity index is 602. The van der Waals surface area contributed by atoms with Crippen molar-refractivity contribution in [3.05, 3.63) is 58.5 Å². The topological polar surface area (TPSA) is 39.4 Å². The Labute approximate surface area is 123 Å². The Morgan fingerprint density at radius 3 is 2.75 bits per heavy atom. The number of aryl methyl sites for hydroxylation is 2. The number of esters is 1. The number of benzene rings is 1. The molecule has 2 aromatic rings. The number of rotatable bonds is 5. The van der Waals surface area contributed by atoms with Crippen LogP contribution in [0.4, 0.5) is 0 Å². The third-order valence-corrected chi connectivity index (χ3v) is 4.06. The Balaban J connectivity index is 1.91. The van der Waals surface area contributed by atoms with Crippen molar-refractivity contribution in [1.82, 2.24) is 0 Å². The van der Waals surface area contributed by atoms with Gasteiger partial charge in [-0.2, -0.15) is 0 Å². The summed E-state index contributed by atoms with van der Waals surface area (Å²) in [6.07, 6.45) is 0. The molecule has 0 aliphatic heterocycles.